The number of aromatic amines is 1. The van der Waals surface area contributed by atoms with Gasteiger partial charge in [-0.15, -0.1) is 0 Å². The Labute approximate surface area is 170 Å². The molecule has 1 aliphatic heterocycles. The minimum Gasteiger partial charge on any atom is -0.377 e. The predicted octanol–water partition coefficient (Wildman–Crippen LogP) is 2.02. The number of methoxy groups -OCH3 is 1. The standard InChI is InChI=1S/C21H29N7O/c1-3-22-21(23-11-10-16-12-15-6-4-5-7-18(15)24-16)25-17-8-9-20-26-19(14-29-2)27-28(20)13-17/h4-7,12,17,24H,3,8-11,13-14H2,1-2H3,(H2,22,23,25). The normalized spacial score (nSPS) is 16.8. The van der Waals surface area contributed by atoms with Gasteiger partial charge in [0.2, 0.25) is 0 Å². The number of aromatic nitrogens is 4. The maximum Gasteiger partial charge on any atom is 0.191 e. The van der Waals surface area contributed by atoms with Crippen LogP contribution in [0.25, 0.3) is 10.9 Å². The Morgan fingerprint density at radius 3 is 3.10 bits per heavy atom. The molecule has 0 aliphatic carbocycles. The Hall–Kier alpha value is -2.87. The summed E-state index contributed by atoms with van der Waals surface area (Å²) < 4.78 is 7.13. The van der Waals surface area contributed by atoms with Crippen LogP contribution in [0.4, 0.5) is 0 Å². The molecule has 1 aromatic carbocycles. The van der Waals surface area contributed by atoms with Gasteiger partial charge in [0.05, 0.1) is 6.54 Å². The fraction of sp³-hybridized carbons (Fsp3) is 0.476. The van der Waals surface area contributed by atoms with Crippen LogP contribution in [0.2, 0.25) is 0 Å². The largest absolute Gasteiger partial charge is 0.377 e. The SMILES string of the molecule is CCNC(=NCCc1cc2ccccc2[nH]1)NC1CCc2nc(COC)nn2C1. The monoisotopic (exact) mass is 395 g/mol. The van der Waals surface area contributed by atoms with Crippen molar-refractivity contribution < 1.29 is 4.74 Å². The Kier molecular flexibility index (Phi) is 6.09. The number of para-hydroxylation sites is 1. The molecule has 0 spiro atoms. The molecule has 8 heteroatoms. The molecule has 1 aliphatic rings. The minimum absolute atomic E-state index is 0.283. The summed E-state index contributed by atoms with van der Waals surface area (Å²) in [4.78, 5) is 12.8. The van der Waals surface area contributed by atoms with Crippen LogP contribution in [0.15, 0.2) is 35.3 Å². The van der Waals surface area contributed by atoms with Crippen LogP contribution in [-0.2, 0) is 30.7 Å². The van der Waals surface area contributed by atoms with Gasteiger partial charge in [0, 0.05) is 50.3 Å². The second kappa shape index (κ2) is 9.09. The van der Waals surface area contributed by atoms with Gasteiger partial charge in [0.15, 0.2) is 11.8 Å². The second-order valence-electron chi connectivity index (χ2n) is 7.33. The van der Waals surface area contributed by atoms with E-state index in [1.807, 2.05) is 4.68 Å². The first-order chi connectivity index (χ1) is 14.2. The van der Waals surface area contributed by atoms with Gasteiger partial charge in [-0.1, -0.05) is 18.2 Å². The molecular formula is C21H29N7O. The fourth-order valence-corrected chi connectivity index (χ4v) is 3.74. The Balaban J connectivity index is 1.35. The lowest BCUT2D eigenvalue weighted by molar-refractivity contribution is 0.177. The first kappa shape index (κ1) is 19.4. The highest BCUT2D eigenvalue weighted by molar-refractivity contribution is 5.81. The molecule has 0 radical (unpaired) electrons. The van der Waals surface area contributed by atoms with E-state index in [9.17, 15) is 0 Å². The van der Waals surface area contributed by atoms with Crippen molar-refractivity contribution in [3.8, 4) is 0 Å². The Morgan fingerprint density at radius 1 is 1.38 bits per heavy atom. The van der Waals surface area contributed by atoms with Crippen LogP contribution >= 0.6 is 0 Å². The number of aryl methyl sites for hydroxylation is 1. The van der Waals surface area contributed by atoms with E-state index in [-0.39, 0.29) is 6.04 Å². The van der Waals surface area contributed by atoms with Gasteiger partial charge >= 0.3 is 0 Å². The maximum atomic E-state index is 5.14. The number of benzene rings is 1. The summed E-state index contributed by atoms with van der Waals surface area (Å²) in [7, 11) is 1.67. The van der Waals surface area contributed by atoms with E-state index in [1.54, 1.807) is 7.11 Å². The van der Waals surface area contributed by atoms with E-state index in [4.69, 9.17) is 9.73 Å². The third-order valence-corrected chi connectivity index (χ3v) is 5.10. The zero-order chi connectivity index (χ0) is 20.1. The highest BCUT2D eigenvalue weighted by Gasteiger charge is 2.22. The summed E-state index contributed by atoms with van der Waals surface area (Å²) in [6, 6.07) is 10.8. The zero-order valence-electron chi connectivity index (χ0n) is 17.1. The van der Waals surface area contributed by atoms with Crippen molar-refractivity contribution in [3.63, 3.8) is 0 Å². The highest BCUT2D eigenvalue weighted by Crippen LogP contribution is 2.15. The molecule has 0 saturated heterocycles. The van der Waals surface area contributed by atoms with E-state index < -0.39 is 0 Å². The summed E-state index contributed by atoms with van der Waals surface area (Å²) >= 11 is 0. The van der Waals surface area contributed by atoms with Crippen LogP contribution in [0.3, 0.4) is 0 Å². The number of fused-ring (bicyclic) bond motifs is 2. The number of guanidine groups is 1. The van der Waals surface area contributed by atoms with Gasteiger partial charge in [0.1, 0.15) is 12.4 Å². The van der Waals surface area contributed by atoms with Crippen molar-refractivity contribution in [2.24, 2.45) is 4.99 Å². The molecule has 0 amide bonds. The Bertz CT molecular complexity index is 941. The number of nitrogens with zero attached hydrogens (tertiary/aromatic N) is 4. The topological polar surface area (TPSA) is 92.2 Å². The minimum atomic E-state index is 0.283. The number of ether oxygens (including phenoxy) is 1. The van der Waals surface area contributed by atoms with Gasteiger partial charge in [0.25, 0.3) is 0 Å². The van der Waals surface area contributed by atoms with E-state index in [0.29, 0.717) is 6.61 Å². The average Bonchev–Trinajstić information content (AvgIpc) is 3.31. The lowest BCUT2D eigenvalue weighted by Gasteiger charge is -2.25. The van der Waals surface area contributed by atoms with Crippen molar-refractivity contribution in [1.82, 2.24) is 30.4 Å². The van der Waals surface area contributed by atoms with Crippen LogP contribution in [-0.4, -0.2) is 51.9 Å². The third kappa shape index (κ3) is 4.76. The van der Waals surface area contributed by atoms with Crippen molar-refractivity contribution in [3.05, 3.63) is 47.7 Å². The smallest absolute Gasteiger partial charge is 0.191 e. The molecule has 3 heterocycles. The molecular weight excluding hydrogens is 366 g/mol. The van der Waals surface area contributed by atoms with E-state index >= 15 is 0 Å². The van der Waals surface area contributed by atoms with Crippen LogP contribution in [0.1, 0.15) is 30.7 Å². The first-order valence-corrected chi connectivity index (χ1v) is 10.3. The van der Waals surface area contributed by atoms with Gasteiger partial charge in [-0.05, 0) is 30.9 Å². The Morgan fingerprint density at radius 2 is 2.28 bits per heavy atom. The van der Waals surface area contributed by atoms with Gasteiger partial charge in [-0.25, -0.2) is 9.67 Å². The average molecular weight is 396 g/mol. The van der Waals surface area contributed by atoms with Gasteiger partial charge in [-0.3, -0.25) is 4.99 Å². The molecule has 8 nitrogen and oxygen atoms in total. The lowest BCUT2D eigenvalue weighted by Crippen LogP contribution is -2.47. The summed E-state index contributed by atoms with van der Waals surface area (Å²) in [5, 5.41) is 12.7. The number of H-pyrrole nitrogens is 1. The van der Waals surface area contributed by atoms with Crippen LogP contribution in [0.5, 0.6) is 0 Å². The lowest BCUT2D eigenvalue weighted by atomic mass is 10.1. The first-order valence-electron chi connectivity index (χ1n) is 10.3. The molecule has 1 unspecified atom stereocenters. The molecule has 0 fully saturated rings. The fourth-order valence-electron chi connectivity index (χ4n) is 3.74. The zero-order valence-corrected chi connectivity index (χ0v) is 17.1. The summed E-state index contributed by atoms with van der Waals surface area (Å²) in [5.41, 5.74) is 2.39. The maximum absolute atomic E-state index is 5.14. The van der Waals surface area contributed by atoms with Crippen molar-refractivity contribution in [2.75, 3.05) is 20.2 Å². The number of rotatable bonds is 7. The molecule has 1 atom stereocenters. The van der Waals surface area contributed by atoms with Crippen molar-refractivity contribution >= 4 is 16.9 Å². The third-order valence-electron chi connectivity index (χ3n) is 5.10. The number of nitrogens with one attached hydrogen (secondary N) is 3. The van der Waals surface area contributed by atoms with Gasteiger partial charge in [-0.2, -0.15) is 5.10 Å². The molecule has 0 bridgehead atoms. The van der Waals surface area contributed by atoms with E-state index in [1.165, 1.54) is 16.6 Å². The van der Waals surface area contributed by atoms with Crippen molar-refractivity contribution in [2.45, 2.75) is 45.4 Å². The number of hydrogen-bond acceptors (Lipinski definition) is 4. The van der Waals surface area contributed by atoms with Crippen molar-refractivity contribution in [1.29, 1.82) is 0 Å². The summed E-state index contributed by atoms with van der Waals surface area (Å²) in [6.07, 6.45) is 2.80. The molecule has 0 saturated carbocycles. The molecule has 2 aromatic heterocycles. The van der Waals surface area contributed by atoms with E-state index in [2.05, 4.69) is 63.0 Å². The summed E-state index contributed by atoms with van der Waals surface area (Å²) in [6.45, 7) is 4.88. The second-order valence-corrected chi connectivity index (χ2v) is 7.33. The molecule has 29 heavy (non-hydrogen) atoms. The highest BCUT2D eigenvalue weighted by atomic mass is 16.5. The summed E-state index contributed by atoms with van der Waals surface area (Å²) in [5.74, 6) is 2.65. The quantitative estimate of drug-likeness (QED) is 0.420. The molecule has 3 aromatic rings. The number of aliphatic imine (C=N–C) groups is 1. The molecule has 3 N–H and O–H groups in total. The van der Waals surface area contributed by atoms with Crippen LogP contribution < -0.4 is 10.6 Å². The molecule has 4 rings (SSSR count). The van der Waals surface area contributed by atoms with Crippen LogP contribution in [0, 0.1) is 0 Å². The predicted molar refractivity (Wildman–Crippen MR) is 114 cm³/mol. The van der Waals surface area contributed by atoms with Gasteiger partial charge < -0.3 is 20.4 Å². The molecule has 154 valence electrons. The number of hydrogen-bond donors (Lipinski definition) is 3. The van der Waals surface area contributed by atoms with E-state index in [0.717, 1.165) is 56.5 Å².